The average Bonchev–Trinajstić information content (AvgIpc) is 3.22. The summed E-state index contributed by atoms with van der Waals surface area (Å²) in [5, 5.41) is 12.4. The molecule has 1 N–H and O–H groups in total. The van der Waals surface area contributed by atoms with Gasteiger partial charge in [0.1, 0.15) is 0 Å². The molecule has 0 fully saturated rings. The third-order valence-electron chi connectivity index (χ3n) is 4.81. The number of carbonyl (C=O) groups excluding carboxylic acids is 1. The number of nitrogens with zero attached hydrogens (tertiary/aromatic N) is 4. The van der Waals surface area contributed by atoms with Crippen LogP contribution in [0.25, 0.3) is 17.1 Å². The summed E-state index contributed by atoms with van der Waals surface area (Å²) < 4.78 is 1.98. The molecular formula is C24H23N5OS. The van der Waals surface area contributed by atoms with E-state index in [0.29, 0.717) is 17.5 Å². The molecule has 31 heavy (non-hydrogen) atoms. The predicted molar refractivity (Wildman–Crippen MR) is 123 cm³/mol. The number of hydrogen-bond acceptors (Lipinski definition) is 5. The smallest absolute Gasteiger partial charge is 0.230 e. The van der Waals surface area contributed by atoms with Crippen LogP contribution in [0, 0.1) is 13.8 Å². The van der Waals surface area contributed by atoms with Crippen LogP contribution in [0.3, 0.4) is 0 Å². The van der Waals surface area contributed by atoms with Gasteiger partial charge in [0.15, 0.2) is 11.0 Å². The van der Waals surface area contributed by atoms with E-state index in [1.807, 2.05) is 79.1 Å². The minimum atomic E-state index is -0.0468. The molecule has 1 amide bonds. The summed E-state index contributed by atoms with van der Waals surface area (Å²) in [5.74, 6) is 0.926. The fraction of sp³-hybridized carbons (Fsp3) is 0.167. The minimum absolute atomic E-state index is 0.0468. The first-order chi connectivity index (χ1) is 15.1. The Labute approximate surface area is 185 Å². The Hall–Kier alpha value is -3.45. The van der Waals surface area contributed by atoms with Gasteiger partial charge < -0.3 is 5.32 Å². The first kappa shape index (κ1) is 20.8. The summed E-state index contributed by atoms with van der Waals surface area (Å²) in [6.07, 6.45) is 3.46. The Bertz CT molecular complexity index is 1160. The van der Waals surface area contributed by atoms with E-state index in [1.165, 1.54) is 22.9 Å². The summed E-state index contributed by atoms with van der Waals surface area (Å²) in [6, 6.07) is 20.1. The number of aromatic nitrogens is 4. The topological polar surface area (TPSA) is 72.7 Å². The number of carbonyl (C=O) groups is 1. The maximum Gasteiger partial charge on any atom is 0.230 e. The Kier molecular flexibility index (Phi) is 6.43. The standard InChI is InChI=1S/C24H23N5OS/c1-17-3-7-19(8-4-17)15-26-22(30)16-31-24-28-27-23(20-11-13-25-14-12-20)29(24)21-9-5-18(2)6-10-21/h3-14H,15-16H2,1-2H3,(H,26,30). The molecule has 0 unspecified atom stereocenters. The van der Waals surface area contributed by atoms with Gasteiger partial charge in [-0.1, -0.05) is 59.3 Å². The highest BCUT2D eigenvalue weighted by Gasteiger charge is 2.17. The van der Waals surface area contributed by atoms with Gasteiger partial charge >= 0.3 is 0 Å². The number of pyridine rings is 1. The fourth-order valence-corrected chi connectivity index (χ4v) is 3.85. The molecule has 0 aliphatic rings. The van der Waals surface area contributed by atoms with Gasteiger partial charge in [-0.15, -0.1) is 10.2 Å². The summed E-state index contributed by atoms with van der Waals surface area (Å²) >= 11 is 1.37. The van der Waals surface area contributed by atoms with Crippen molar-refractivity contribution in [2.75, 3.05) is 5.75 Å². The third-order valence-corrected chi connectivity index (χ3v) is 5.74. The molecule has 0 spiro atoms. The SMILES string of the molecule is Cc1ccc(CNC(=O)CSc2nnc(-c3ccncc3)n2-c2ccc(C)cc2)cc1. The lowest BCUT2D eigenvalue weighted by atomic mass is 10.1. The van der Waals surface area contributed by atoms with Crippen LogP contribution in [0.5, 0.6) is 0 Å². The number of thioether (sulfide) groups is 1. The van der Waals surface area contributed by atoms with Crippen LogP contribution in [-0.4, -0.2) is 31.4 Å². The van der Waals surface area contributed by atoms with Gasteiger partial charge in [-0.05, 0) is 43.7 Å². The number of benzene rings is 2. The van der Waals surface area contributed by atoms with E-state index < -0.39 is 0 Å². The molecule has 0 radical (unpaired) electrons. The quantitative estimate of drug-likeness (QED) is 0.442. The highest BCUT2D eigenvalue weighted by molar-refractivity contribution is 7.99. The average molecular weight is 430 g/mol. The predicted octanol–water partition coefficient (Wildman–Crippen LogP) is 4.35. The van der Waals surface area contributed by atoms with E-state index >= 15 is 0 Å². The first-order valence-electron chi connectivity index (χ1n) is 9.98. The van der Waals surface area contributed by atoms with E-state index in [9.17, 15) is 4.79 Å². The molecule has 7 heteroatoms. The summed E-state index contributed by atoms with van der Waals surface area (Å²) in [5.41, 5.74) is 5.31. The molecule has 0 aliphatic heterocycles. The van der Waals surface area contributed by atoms with Gasteiger partial charge in [0.25, 0.3) is 0 Å². The van der Waals surface area contributed by atoms with Gasteiger partial charge in [-0.3, -0.25) is 14.3 Å². The van der Waals surface area contributed by atoms with Crippen molar-refractivity contribution in [1.82, 2.24) is 25.1 Å². The van der Waals surface area contributed by atoms with Gasteiger partial charge in [-0.25, -0.2) is 0 Å². The zero-order valence-electron chi connectivity index (χ0n) is 17.4. The van der Waals surface area contributed by atoms with Crippen molar-refractivity contribution in [3.05, 3.63) is 89.7 Å². The van der Waals surface area contributed by atoms with Crippen LogP contribution < -0.4 is 5.32 Å². The molecule has 156 valence electrons. The number of nitrogens with one attached hydrogen (secondary N) is 1. The maximum atomic E-state index is 12.4. The van der Waals surface area contributed by atoms with E-state index in [1.54, 1.807) is 12.4 Å². The van der Waals surface area contributed by atoms with Crippen molar-refractivity contribution >= 4 is 17.7 Å². The van der Waals surface area contributed by atoms with Crippen molar-refractivity contribution < 1.29 is 4.79 Å². The van der Waals surface area contributed by atoms with E-state index in [2.05, 4.69) is 20.5 Å². The molecule has 0 aliphatic carbocycles. The fourth-order valence-electron chi connectivity index (χ4n) is 3.07. The van der Waals surface area contributed by atoms with Crippen LogP contribution in [0.2, 0.25) is 0 Å². The zero-order valence-corrected chi connectivity index (χ0v) is 18.3. The van der Waals surface area contributed by atoms with E-state index in [-0.39, 0.29) is 11.7 Å². The number of aryl methyl sites for hydroxylation is 2. The number of rotatable bonds is 7. The molecule has 6 nitrogen and oxygen atoms in total. The third kappa shape index (κ3) is 5.19. The Morgan fingerprint density at radius 2 is 1.55 bits per heavy atom. The molecule has 2 aromatic heterocycles. The van der Waals surface area contributed by atoms with Crippen LogP contribution in [0.1, 0.15) is 16.7 Å². The van der Waals surface area contributed by atoms with Crippen LogP contribution in [0.4, 0.5) is 0 Å². The largest absolute Gasteiger partial charge is 0.351 e. The lowest BCUT2D eigenvalue weighted by molar-refractivity contribution is -0.118. The monoisotopic (exact) mass is 429 g/mol. The zero-order chi connectivity index (χ0) is 21.6. The lowest BCUT2D eigenvalue weighted by Crippen LogP contribution is -2.24. The van der Waals surface area contributed by atoms with Crippen molar-refractivity contribution in [3.63, 3.8) is 0 Å². The number of hydrogen-bond donors (Lipinski definition) is 1. The van der Waals surface area contributed by atoms with Gasteiger partial charge in [0.05, 0.1) is 5.75 Å². The molecule has 2 aromatic carbocycles. The molecule has 4 rings (SSSR count). The summed E-state index contributed by atoms with van der Waals surface area (Å²) in [4.78, 5) is 16.5. The minimum Gasteiger partial charge on any atom is -0.351 e. The Morgan fingerprint density at radius 3 is 2.23 bits per heavy atom. The molecule has 0 saturated carbocycles. The van der Waals surface area contributed by atoms with Crippen LogP contribution in [-0.2, 0) is 11.3 Å². The molecule has 0 atom stereocenters. The molecular weight excluding hydrogens is 406 g/mol. The van der Waals surface area contributed by atoms with Crippen LogP contribution >= 0.6 is 11.8 Å². The van der Waals surface area contributed by atoms with E-state index in [0.717, 1.165) is 16.8 Å². The second kappa shape index (κ2) is 9.57. The molecule has 0 bridgehead atoms. The van der Waals surface area contributed by atoms with Crippen LogP contribution in [0.15, 0.2) is 78.2 Å². The molecule has 0 saturated heterocycles. The van der Waals surface area contributed by atoms with Gasteiger partial charge in [0, 0.05) is 30.2 Å². The highest BCUT2D eigenvalue weighted by atomic mass is 32.2. The normalized spacial score (nSPS) is 10.8. The summed E-state index contributed by atoms with van der Waals surface area (Å²) in [6.45, 7) is 4.60. The van der Waals surface area contributed by atoms with Gasteiger partial charge in [-0.2, -0.15) is 0 Å². The highest BCUT2D eigenvalue weighted by Crippen LogP contribution is 2.27. The Morgan fingerprint density at radius 1 is 0.903 bits per heavy atom. The Balaban J connectivity index is 1.51. The van der Waals surface area contributed by atoms with Crippen molar-refractivity contribution in [3.8, 4) is 17.1 Å². The first-order valence-corrected chi connectivity index (χ1v) is 11.0. The van der Waals surface area contributed by atoms with Crippen molar-refractivity contribution in [2.24, 2.45) is 0 Å². The van der Waals surface area contributed by atoms with Crippen molar-refractivity contribution in [1.29, 1.82) is 0 Å². The van der Waals surface area contributed by atoms with Crippen molar-refractivity contribution in [2.45, 2.75) is 25.5 Å². The second-order valence-corrected chi connectivity index (χ2v) is 8.21. The summed E-state index contributed by atoms with van der Waals surface area (Å²) in [7, 11) is 0. The maximum absolute atomic E-state index is 12.4. The number of amides is 1. The lowest BCUT2D eigenvalue weighted by Gasteiger charge is -2.11. The van der Waals surface area contributed by atoms with E-state index in [4.69, 9.17) is 0 Å². The molecule has 4 aromatic rings. The second-order valence-electron chi connectivity index (χ2n) is 7.26. The van der Waals surface area contributed by atoms with Gasteiger partial charge in [0.2, 0.25) is 5.91 Å². The molecule has 2 heterocycles.